The van der Waals surface area contributed by atoms with Crippen LogP contribution in [0, 0.1) is 0 Å². The number of carbonyl (C=O) groups is 2. The molecule has 1 saturated heterocycles. The first-order valence-corrected chi connectivity index (χ1v) is 8.32. The van der Waals surface area contributed by atoms with Gasteiger partial charge in [-0.15, -0.1) is 0 Å². The van der Waals surface area contributed by atoms with Crippen molar-refractivity contribution in [1.82, 2.24) is 10.2 Å². The highest BCUT2D eigenvalue weighted by Crippen LogP contribution is 2.17. The summed E-state index contributed by atoms with van der Waals surface area (Å²) in [5.41, 5.74) is 0.505. The van der Waals surface area contributed by atoms with Crippen molar-refractivity contribution in [2.45, 2.75) is 45.1 Å². The van der Waals surface area contributed by atoms with Gasteiger partial charge in [-0.2, -0.15) is 0 Å². The second-order valence-electron chi connectivity index (χ2n) is 5.71. The van der Waals surface area contributed by atoms with Gasteiger partial charge in [0.2, 0.25) is 5.91 Å². The molecule has 2 rings (SSSR count). The fourth-order valence-corrected chi connectivity index (χ4v) is 2.89. The molecule has 5 heteroatoms. The number of hydrogen-bond acceptors (Lipinski definition) is 2. The number of benzene rings is 1. The highest BCUT2D eigenvalue weighted by atomic mass is 35.5. The molecule has 1 aliphatic heterocycles. The van der Waals surface area contributed by atoms with Gasteiger partial charge in [0, 0.05) is 25.6 Å². The first-order chi connectivity index (χ1) is 10.6. The van der Waals surface area contributed by atoms with Crippen LogP contribution in [-0.4, -0.2) is 35.8 Å². The summed E-state index contributed by atoms with van der Waals surface area (Å²) in [6, 6.07) is 7.15. The smallest absolute Gasteiger partial charge is 0.253 e. The molecule has 120 valence electrons. The summed E-state index contributed by atoms with van der Waals surface area (Å²) in [6.45, 7) is 3.52. The number of nitrogens with one attached hydrogen (secondary N) is 1. The van der Waals surface area contributed by atoms with Crippen molar-refractivity contribution < 1.29 is 9.59 Å². The Morgan fingerprint density at radius 2 is 1.95 bits per heavy atom. The summed E-state index contributed by atoms with van der Waals surface area (Å²) in [5.74, 6) is 0.0964. The molecule has 0 spiro atoms. The molecule has 4 nitrogen and oxygen atoms in total. The highest BCUT2D eigenvalue weighted by Gasteiger charge is 2.24. The van der Waals surface area contributed by atoms with Gasteiger partial charge in [-0.1, -0.05) is 37.1 Å². The monoisotopic (exact) mass is 322 g/mol. The van der Waals surface area contributed by atoms with Crippen molar-refractivity contribution in [2.24, 2.45) is 0 Å². The van der Waals surface area contributed by atoms with Crippen LogP contribution in [0.3, 0.4) is 0 Å². The minimum atomic E-state index is -0.138. The number of piperidine rings is 1. The Labute approximate surface area is 136 Å². The van der Waals surface area contributed by atoms with Gasteiger partial charge in [-0.05, 0) is 31.4 Å². The lowest BCUT2D eigenvalue weighted by molar-refractivity contribution is -0.132. The summed E-state index contributed by atoms with van der Waals surface area (Å²) >= 11 is 6.04. The second kappa shape index (κ2) is 8.18. The molecule has 0 bridgehead atoms. The third kappa shape index (κ3) is 4.47. The van der Waals surface area contributed by atoms with E-state index in [2.05, 4.69) is 12.2 Å². The summed E-state index contributed by atoms with van der Waals surface area (Å²) in [5, 5.41) is 3.48. The molecule has 1 aromatic carbocycles. The van der Waals surface area contributed by atoms with Gasteiger partial charge < -0.3 is 10.2 Å². The maximum atomic E-state index is 12.2. The van der Waals surface area contributed by atoms with Crippen LogP contribution in [-0.2, 0) is 4.79 Å². The lowest BCUT2D eigenvalue weighted by Crippen LogP contribution is -2.46. The molecule has 1 heterocycles. The summed E-state index contributed by atoms with van der Waals surface area (Å²) in [4.78, 5) is 26.1. The quantitative estimate of drug-likeness (QED) is 0.904. The van der Waals surface area contributed by atoms with Crippen LogP contribution in [0.25, 0.3) is 0 Å². The zero-order valence-corrected chi connectivity index (χ0v) is 13.7. The van der Waals surface area contributed by atoms with Gasteiger partial charge in [0.05, 0.1) is 10.6 Å². The van der Waals surface area contributed by atoms with Crippen LogP contribution in [0.15, 0.2) is 24.3 Å². The molecule has 1 aromatic rings. The molecular formula is C17H23ClN2O2. The fourth-order valence-electron chi connectivity index (χ4n) is 2.67. The molecule has 22 heavy (non-hydrogen) atoms. The average molecular weight is 323 g/mol. The molecule has 2 amide bonds. The van der Waals surface area contributed by atoms with Crippen LogP contribution in [0.2, 0.25) is 5.02 Å². The Hall–Kier alpha value is -1.55. The van der Waals surface area contributed by atoms with Crippen molar-refractivity contribution in [2.75, 3.05) is 13.1 Å². The van der Waals surface area contributed by atoms with E-state index in [9.17, 15) is 9.59 Å². The summed E-state index contributed by atoms with van der Waals surface area (Å²) in [7, 11) is 0. The zero-order chi connectivity index (χ0) is 15.9. The van der Waals surface area contributed by atoms with Gasteiger partial charge in [0.15, 0.2) is 0 Å². The topological polar surface area (TPSA) is 49.4 Å². The van der Waals surface area contributed by atoms with E-state index >= 15 is 0 Å². The zero-order valence-electron chi connectivity index (χ0n) is 13.0. The van der Waals surface area contributed by atoms with Gasteiger partial charge >= 0.3 is 0 Å². The van der Waals surface area contributed by atoms with Gasteiger partial charge in [-0.3, -0.25) is 9.59 Å². The number of likely N-dealkylation sites (tertiary alicyclic amines) is 1. The molecule has 0 aromatic heterocycles. The molecular weight excluding hydrogens is 300 g/mol. The highest BCUT2D eigenvalue weighted by molar-refractivity contribution is 6.33. The first-order valence-electron chi connectivity index (χ1n) is 7.95. The van der Waals surface area contributed by atoms with E-state index in [0.29, 0.717) is 17.0 Å². The number of nitrogens with zero attached hydrogens (tertiary/aromatic N) is 1. The van der Waals surface area contributed by atoms with Crippen molar-refractivity contribution in [3.05, 3.63) is 34.9 Å². The molecule has 0 unspecified atom stereocenters. The SMILES string of the molecule is CCCCC(=O)N1CCC(NC(=O)c2ccccc2Cl)CC1. The van der Waals surface area contributed by atoms with Gasteiger partial charge in [-0.25, -0.2) is 0 Å². The third-order valence-electron chi connectivity index (χ3n) is 4.05. The third-order valence-corrected chi connectivity index (χ3v) is 4.38. The van der Waals surface area contributed by atoms with E-state index in [4.69, 9.17) is 11.6 Å². The number of rotatable bonds is 5. The minimum absolute atomic E-state index is 0.110. The number of unbranched alkanes of at least 4 members (excludes halogenated alkanes) is 1. The van der Waals surface area contributed by atoms with Crippen LogP contribution in [0.4, 0.5) is 0 Å². The molecule has 0 radical (unpaired) electrons. The lowest BCUT2D eigenvalue weighted by Gasteiger charge is -2.32. The van der Waals surface area contributed by atoms with Crippen molar-refractivity contribution in [3.63, 3.8) is 0 Å². The first kappa shape index (κ1) is 16.8. The largest absolute Gasteiger partial charge is 0.349 e. The maximum Gasteiger partial charge on any atom is 0.253 e. The minimum Gasteiger partial charge on any atom is -0.349 e. The maximum absolute atomic E-state index is 12.2. The summed E-state index contributed by atoms with van der Waals surface area (Å²) in [6.07, 6.45) is 4.22. The predicted octanol–water partition coefficient (Wildman–Crippen LogP) is 3.25. The Bertz CT molecular complexity index is 525. The Morgan fingerprint density at radius 1 is 1.27 bits per heavy atom. The van der Waals surface area contributed by atoms with E-state index in [0.717, 1.165) is 38.8 Å². The molecule has 0 aliphatic carbocycles. The standard InChI is InChI=1S/C17H23ClN2O2/c1-2-3-8-16(21)20-11-9-13(10-12-20)19-17(22)14-6-4-5-7-15(14)18/h4-7,13H,2-3,8-12H2,1H3,(H,19,22). The Kier molecular flexibility index (Phi) is 6.25. The van der Waals surface area contributed by atoms with Crippen molar-refractivity contribution in [3.8, 4) is 0 Å². The molecule has 1 fully saturated rings. The van der Waals surface area contributed by atoms with Crippen LogP contribution in [0.5, 0.6) is 0 Å². The number of carbonyl (C=O) groups excluding carboxylic acids is 2. The Morgan fingerprint density at radius 3 is 2.59 bits per heavy atom. The number of halogens is 1. The molecule has 1 N–H and O–H groups in total. The molecule has 0 atom stereocenters. The fraction of sp³-hybridized carbons (Fsp3) is 0.529. The van der Waals surface area contributed by atoms with Crippen LogP contribution in [0.1, 0.15) is 49.4 Å². The van der Waals surface area contributed by atoms with E-state index in [-0.39, 0.29) is 17.9 Å². The summed E-state index contributed by atoms with van der Waals surface area (Å²) < 4.78 is 0. The van der Waals surface area contributed by atoms with E-state index < -0.39 is 0 Å². The predicted molar refractivity (Wildman–Crippen MR) is 88.0 cm³/mol. The molecule has 0 saturated carbocycles. The average Bonchev–Trinajstić information content (AvgIpc) is 2.53. The Balaban J connectivity index is 1.81. The lowest BCUT2D eigenvalue weighted by atomic mass is 10.0. The van der Waals surface area contributed by atoms with E-state index in [1.165, 1.54) is 0 Å². The second-order valence-corrected chi connectivity index (χ2v) is 6.12. The van der Waals surface area contributed by atoms with E-state index in [1.807, 2.05) is 4.90 Å². The van der Waals surface area contributed by atoms with Crippen molar-refractivity contribution in [1.29, 1.82) is 0 Å². The van der Waals surface area contributed by atoms with Gasteiger partial charge in [0.25, 0.3) is 5.91 Å². The normalized spacial score (nSPS) is 15.6. The number of amides is 2. The van der Waals surface area contributed by atoms with Crippen LogP contribution < -0.4 is 5.32 Å². The van der Waals surface area contributed by atoms with Gasteiger partial charge in [0.1, 0.15) is 0 Å². The number of hydrogen-bond donors (Lipinski definition) is 1. The molecule has 1 aliphatic rings. The van der Waals surface area contributed by atoms with E-state index in [1.54, 1.807) is 24.3 Å². The van der Waals surface area contributed by atoms with Crippen molar-refractivity contribution >= 4 is 23.4 Å². The van der Waals surface area contributed by atoms with Crippen LogP contribution >= 0.6 is 11.6 Å².